The van der Waals surface area contributed by atoms with E-state index in [1.807, 2.05) is 38.1 Å². The van der Waals surface area contributed by atoms with Gasteiger partial charge in [-0.15, -0.1) is 0 Å². The van der Waals surface area contributed by atoms with Crippen LogP contribution >= 0.6 is 0 Å². The lowest BCUT2D eigenvalue weighted by Gasteiger charge is -2.32. The van der Waals surface area contributed by atoms with Crippen molar-refractivity contribution in [1.82, 2.24) is 14.9 Å². The fourth-order valence-corrected chi connectivity index (χ4v) is 3.14. The lowest BCUT2D eigenvalue weighted by Crippen LogP contribution is -2.44. The molecule has 136 valence electrons. The first-order valence-electron chi connectivity index (χ1n) is 8.94. The van der Waals surface area contributed by atoms with Gasteiger partial charge >= 0.3 is 0 Å². The molecule has 3 rings (SSSR count). The molecule has 26 heavy (non-hydrogen) atoms. The summed E-state index contributed by atoms with van der Waals surface area (Å²) < 4.78 is 0. The first-order chi connectivity index (χ1) is 12.5. The minimum absolute atomic E-state index is 0.0437. The first kappa shape index (κ1) is 18.0. The summed E-state index contributed by atoms with van der Waals surface area (Å²) in [4.78, 5) is 35.4. The Morgan fingerprint density at radius 3 is 2.81 bits per heavy atom. The molecule has 1 aliphatic heterocycles. The number of hydrogen-bond acceptors (Lipinski definition) is 4. The molecule has 6 nitrogen and oxygen atoms in total. The van der Waals surface area contributed by atoms with Gasteiger partial charge in [0.25, 0.3) is 0 Å². The van der Waals surface area contributed by atoms with E-state index in [4.69, 9.17) is 0 Å². The molecule has 1 unspecified atom stereocenters. The number of nitrogens with zero attached hydrogens (tertiary/aromatic N) is 3. The van der Waals surface area contributed by atoms with Crippen LogP contribution in [0.5, 0.6) is 0 Å². The number of rotatable bonds is 4. The second-order valence-electron chi connectivity index (χ2n) is 6.82. The SMILES string of the molecule is Cc1ccc(CC(=O)N2CCCC(C(=O)Nc3ncccc3C)C2)cn1. The summed E-state index contributed by atoms with van der Waals surface area (Å²) in [7, 11) is 0. The molecule has 0 spiro atoms. The zero-order chi connectivity index (χ0) is 18.5. The predicted octanol–water partition coefficient (Wildman–Crippen LogP) is 2.51. The van der Waals surface area contributed by atoms with Crippen LogP contribution in [0.2, 0.25) is 0 Å². The molecule has 3 heterocycles. The maximum Gasteiger partial charge on any atom is 0.230 e. The van der Waals surface area contributed by atoms with Gasteiger partial charge in [0.1, 0.15) is 5.82 Å². The van der Waals surface area contributed by atoms with E-state index >= 15 is 0 Å². The van der Waals surface area contributed by atoms with Gasteiger partial charge in [-0.05, 0) is 49.9 Å². The standard InChI is InChI=1S/C20H24N4O2/c1-14-5-3-9-21-19(14)23-20(26)17-6-4-10-24(13-17)18(25)11-16-8-7-15(2)22-12-16/h3,5,7-9,12,17H,4,6,10-11,13H2,1-2H3,(H,21,23,26). The Balaban J connectivity index is 1.59. The fraction of sp³-hybridized carbons (Fsp3) is 0.400. The molecular weight excluding hydrogens is 328 g/mol. The Kier molecular flexibility index (Phi) is 5.61. The molecule has 1 atom stereocenters. The molecule has 0 aromatic carbocycles. The van der Waals surface area contributed by atoms with Gasteiger partial charge in [0.2, 0.25) is 11.8 Å². The summed E-state index contributed by atoms with van der Waals surface area (Å²) in [5.74, 6) is 0.361. The van der Waals surface area contributed by atoms with Crippen molar-refractivity contribution in [3.63, 3.8) is 0 Å². The maximum atomic E-state index is 12.6. The smallest absolute Gasteiger partial charge is 0.230 e. The van der Waals surface area contributed by atoms with Gasteiger partial charge in [-0.1, -0.05) is 12.1 Å². The first-order valence-corrected chi connectivity index (χ1v) is 8.94. The Labute approximate surface area is 153 Å². The largest absolute Gasteiger partial charge is 0.342 e. The maximum absolute atomic E-state index is 12.6. The number of carbonyl (C=O) groups excluding carboxylic acids is 2. The topological polar surface area (TPSA) is 75.2 Å². The number of likely N-dealkylation sites (tertiary alicyclic amines) is 1. The molecule has 0 radical (unpaired) electrons. The van der Waals surface area contributed by atoms with Crippen LogP contribution in [0.4, 0.5) is 5.82 Å². The van der Waals surface area contributed by atoms with Crippen molar-refractivity contribution in [2.45, 2.75) is 33.1 Å². The zero-order valence-corrected chi connectivity index (χ0v) is 15.2. The molecule has 0 saturated carbocycles. The van der Waals surface area contributed by atoms with Crippen LogP contribution in [0.25, 0.3) is 0 Å². The van der Waals surface area contributed by atoms with Crippen molar-refractivity contribution in [1.29, 1.82) is 0 Å². The van der Waals surface area contributed by atoms with Crippen molar-refractivity contribution in [3.8, 4) is 0 Å². The Hall–Kier alpha value is -2.76. The predicted molar refractivity (Wildman–Crippen MR) is 99.6 cm³/mol. The molecule has 1 fully saturated rings. The van der Waals surface area contributed by atoms with Crippen LogP contribution in [-0.2, 0) is 16.0 Å². The van der Waals surface area contributed by atoms with E-state index in [-0.39, 0.29) is 17.7 Å². The number of aryl methyl sites for hydroxylation is 2. The van der Waals surface area contributed by atoms with Crippen LogP contribution in [0.15, 0.2) is 36.7 Å². The molecule has 2 amide bonds. The Bertz CT molecular complexity index is 789. The lowest BCUT2D eigenvalue weighted by atomic mass is 9.96. The summed E-state index contributed by atoms with van der Waals surface area (Å²) in [6.45, 7) is 4.98. The van der Waals surface area contributed by atoms with Gasteiger partial charge in [-0.3, -0.25) is 14.6 Å². The van der Waals surface area contributed by atoms with Gasteiger partial charge in [-0.25, -0.2) is 4.98 Å². The van der Waals surface area contributed by atoms with Crippen molar-refractivity contribution in [3.05, 3.63) is 53.5 Å². The number of carbonyl (C=O) groups is 2. The molecule has 1 N–H and O–H groups in total. The van der Waals surface area contributed by atoms with Crippen molar-refractivity contribution >= 4 is 17.6 Å². The average Bonchev–Trinajstić information content (AvgIpc) is 2.65. The van der Waals surface area contributed by atoms with E-state index in [0.717, 1.165) is 29.7 Å². The number of amides is 2. The fourth-order valence-electron chi connectivity index (χ4n) is 3.14. The summed E-state index contributed by atoms with van der Waals surface area (Å²) in [6.07, 6.45) is 5.34. The van der Waals surface area contributed by atoms with E-state index < -0.39 is 0 Å². The van der Waals surface area contributed by atoms with Crippen LogP contribution in [0.3, 0.4) is 0 Å². The summed E-state index contributed by atoms with van der Waals surface area (Å²) in [5, 5.41) is 2.90. The Morgan fingerprint density at radius 1 is 1.23 bits per heavy atom. The van der Waals surface area contributed by atoms with Crippen molar-refractivity contribution in [2.24, 2.45) is 5.92 Å². The van der Waals surface area contributed by atoms with Gasteiger partial charge in [0.05, 0.1) is 12.3 Å². The monoisotopic (exact) mass is 352 g/mol. The third kappa shape index (κ3) is 4.45. The molecule has 0 aliphatic carbocycles. The van der Waals surface area contributed by atoms with E-state index in [9.17, 15) is 9.59 Å². The van der Waals surface area contributed by atoms with Gasteiger partial charge < -0.3 is 10.2 Å². The molecule has 2 aromatic heterocycles. The summed E-state index contributed by atoms with van der Waals surface area (Å²) >= 11 is 0. The quantitative estimate of drug-likeness (QED) is 0.917. The normalized spacial score (nSPS) is 17.0. The van der Waals surface area contributed by atoms with E-state index in [1.165, 1.54) is 0 Å². The minimum atomic E-state index is -0.203. The highest BCUT2D eigenvalue weighted by atomic mass is 16.2. The van der Waals surface area contributed by atoms with Gasteiger partial charge in [0, 0.05) is 31.2 Å². The van der Waals surface area contributed by atoms with Crippen LogP contribution in [0, 0.1) is 19.8 Å². The van der Waals surface area contributed by atoms with Crippen molar-refractivity contribution in [2.75, 3.05) is 18.4 Å². The molecule has 1 aliphatic rings. The second kappa shape index (κ2) is 8.08. The number of piperidine rings is 1. The highest BCUT2D eigenvalue weighted by Crippen LogP contribution is 2.20. The second-order valence-corrected chi connectivity index (χ2v) is 6.82. The number of aromatic nitrogens is 2. The number of hydrogen-bond donors (Lipinski definition) is 1. The van der Waals surface area contributed by atoms with Crippen LogP contribution < -0.4 is 5.32 Å². The van der Waals surface area contributed by atoms with Gasteiger partial charge in [-0.2, -0.15) is 0 Å². The molecule has 6 heteroatoms. The molecule has 2 aromatic rings. The minimum Gasteiger partial charge on any atom is -0.342 e. The highest BCUT2D eigenvalue weighted by Gasteiger charge is 2.28. The molecule has 0 bridgehead atoms. The third-order valence-electron chi connectivity index (χ3n) is 4.72. The zero-order valence-electron chi connectivity index (χ0n) is 15.2. The van der Waals surface area contributed by atoms with Crippen LogP contribution in [0.1, 0.15) is 29.7 Å². The van der Waals surface area contributed by atoms with E-state index in [0.29, 0.717) is 25.3 Å². The summed E-state index contributed by atoms with van der Waals surface area (Å²) in [5.41, 5.74) is 2.76. The summed E-state index contributed by atoms with van der Waals surface area (Å²) in [6, 6.07) is 7.59. The van der Waals surface area contributed by atoms with Crippen molar-refractivity contribution < 1.29 is 9.59 Å². The number of nitrogens with one attached hydrogen (secondary N) is 1. The highest BCUT2D eigenvalue weighted by molar-refractivity contribution is 5.93. The number of pyridine rings is 2. The van der Waals surface area contributed by atoms with Gasteiger partial charge in [0.15, 0.2) is 0 Å². The number of anilines is 1. The average molecular weight is 352 g/mol. The van der Waals surface area contributed by atoms with Crippen LogP contribution in [-0.4, -0.2) is 39.8 Å². The Morgan fingerprint density at radius 2 is 2.08 bits per heavy atom. The lowest BCUT2D eigenvalue weighted by molar-refractivity contribution is -0.133. The molecular formula is C20H24N4O2. The molecule has 1 saturated heterocycles. The van der Waals surface area contributed by atoms with E-state index in [1.54, 1.807) is 17.3 Å². The van der Waals surface area contributed by atoms with E-state index in [2.05, 4.69) is 15.3 Å². The third-order valence-corrected chi connectivity index (χ3v) is 4.72.